The van der Waals surface area contributed by atoms with E-state index in [1.807, 2.05) is 12.3 Å². The maximum atomic E-state index is 12.8. The molecule has 0 aliphatic carbocycles. The Morgan fingerprint density at radius 2 is 1.83 bits per heavy atom. The smallest absolute Gasteiger partial charge is 0.283 e. The highest BCUT2D eigenvalue weighted by Crippen LogP contribution is 2.30. The Morgan fingerprint density at radius 1 is 1.12 bits per heavy atom. The van der Waals surface area contributed by atoms with Crippen molar-refractivity contribution in [2.45, 2.75) is 17.6 Å². The zero-order valence-electron chi connectivity index (χ0n) is 12.7. The minimum absolute atomic E-state index is 0.226. The van der Waals surface area contributed by atoms with Crippen molar-refractivity contribution >= 4 is 22.7 Å². The molecule has 2 aromatic carbocycles. The number of rotatable bonds is 3. The third-order valence-electron chi connectivity index (χ3n) is 3.57. The number of thioether (sulfide) groups is 1. The predicted octanol–water partition coefficient (Wildman–Crippen LogP) is 4.35. The highest BCUT2D eigenvalue weighted by Gasteiger charge is 2.30. The lowest BCUT2D eigenvalue weighted by atomic mass is 10.1. The number of nitrogens with zero attached hydrogens (tertiary/aromatic N) is 2. The summed E-state index contributed by atoms with van der Waals surface area (Å²) in [5.74, 6) is 0. The number of benzene rings is 2. The summed E-state index contributed by atoms with van der Waals surface area (Å²) in [6, 6.07) is 14.0. The molecule has 0 aliphatic rings. The average molecular weight is 350 g/mol. The van der Waals surface area contributed by atoms with Gasteiger partial charge in [-0.2, -0.15) is 18.2 Å². The first-order valence-electron chi connectivity index (χ1n) is 7.10. The maximum absolute atomic E-state index is 12.8. The molecule has 3 nitrogen and oxygen atoms in total. The molecule has 1 aromatic heterocycles. The molecule has 0 spiro atoms. The van der Waals surface area contributed by atoms with Gasteiger partial charge < -0.3 is 0 Å². The van der Waals surface area contributed by atoms with Gasteiger partial charge >= 0.3 is 11.9 Å². The third kappa shape index (κ3) is 3.31. The van der Waals surface area contributed by atoms with Gasteiger partial charge in [0.15, 0.2) is 0 Å². The molecule has 0 amide bonds. The fraction of sp³-hybridized carbons (Fsp3) is 0.176. The standard InChI is InChI=1S/C17H13F3N2OS/c1-24-12-7-8-14-13(9-12)15(11-5-3-2-4-6-11)21-16(23)22(14)10-17(18,19)20/h2-9H,10H2,1H3. The molecule has 0 N–H and O–H groups in total. The molecular formula is C17H13F3N2OS. The first kappa shape index (κ1) is 16.6. The first-order chi connectivity index (χ1) is 11.4. The lowest BCUT2D eigenvalue weighted by Gasteiger charge is -2.15. The van der Waals surface area contributed by atoms with E-state index in [1.165, 1.54) is 11.8 Å². The van der Waals surface area contributed by atoms with E-state index in [-0.39, 0.29) is 5.52 Å². The van der Waals surface area contributed by atoms with Gasteiger partial charge in [-0.05, 0) is 24.5 Å². The summed E-state index contributed by atoms with van der Waals surface area (Å²) in [5, 5.41) is 0.525. The highest BCUT2D eigenvalue weighted by molar-refractivity contribution is 7.98. The van der Waals surface area contributed by atoms with Gasteiger partial charge in [0.05, 0.1) is 11.2 Å². The van der Waals surface area contributed by atoms with Gasteiger partial charge in [-0.1, -0.05) is 30.3 Å². The summed E-state index contributed by atoms with van der Waals surface area (Å²) in [7, 11) is 0. The Labute approximate surface area is 140 Å². The first-order valence-corrected chi connectivity index (χ1v) is 8.32. The van der Waals surface area contributed by atoms with Crippen LogP contribution in [-0.4, -0.2) is 22.0 Å². The Kier molecular flexibility index (Phi) is 4.36. The van der Waals surface area contributed by atoms with Crippen LogP contribution < -0.4 is 5.69 Å². The van der Waals surface area contributed by atoms with Crippen LogP contribution in [-0.2, 0) is 6.54 Å². The SMILES string of the molecule is CSc1ccc2c(c1)c(-c1ccccc1)nc(=O)n2CC(F)(F)F. The largest absolute Gasteiger partial charge is 0.406 e. The molecule has 0 bridgehead atoms. The van der Waals surface area contributed by atoms with E-state index in [4.69, 9.17) is 0 Å². The predicted molar refractivity (Wildman–Crippen MR) is 89.3 cm³/mol. The highest BCUT2D eigenvalue weighted by atomic mass is 32.2. The van der Waals surface area contributed by atoms with Crippen molar-refractivity contribution in [2.24, 2.45) is 0 Å². The van der Waals surface area contributed by atoms with Crippen LogP contribution in [0.3, 0.4) is 0 Å². The number of hydrogen-bond donors (Lipinski definition) is 0. The fourth-order valence-corrected chi connectivity index (χ4v) is 2.97. The van der Waals surface area contributed by atoms with Gasteiger partial charge in [0, 0.05) is 15.8 Å². The number of fused-ring (bicyclic) bond motifs is 1. The number of halogens is 3. The van der Waals surface area contributed by atoms with Crippen LogP contribution in [0.1, 0.15) is 0 Å². The zero-order chi connectivity index (χ0) is 17.3. The van der Waals surface area contributed by atoms with Crippen LogP contribution in [0.15, 0.2) is 58.2 Å². The molecule has 0 saturated heterocycles. The molecular weight excluding hydrogens is 337 g/mol. The second kappa shape index (κ2) is 6.32. The molecule has 0 unspecified atom stereocenters. The Bertz CT molecular complexity index is 936. The van der Waals surface area contributed by atoms with Crippen molar-refractivity contribution in [2.75, 3.05) is 6.26 Å². The van der Waals surface area contributed by atoms with Crippen LogP contribution in [0.4, 0.5) is 13.2 Å². The summed E-state index contributed by atoms with van der Waals surface area (Å²) in [5.41, 5.74) is 0.404. The molecule has 0 radical (unpaired) electrons. The van der Waals surface area contributed by atoms with Gasteiger partial charge in [-0.15, -0.1) is 11.8 Å². The minimum atomic E-state index is -4.50. The Hall–Kier alpha value is -2.28. The van der Waals surface area contributed by atoms with E-state index >= 15 is 0 Å². The van der Waals surface area contributed by atoms with Gasteiger partial charge in [0.1, 0.15) is 6.54 Å². The molecule has 0 atom stereocenters. The molecule has 24 heavy (non-hydrogen) atoms. The van der Waals surface area contributed by atoms with Gasteiger partial charge in [-0.25, -0.2) is 4.79 Å². The van der Waals surface area contributed by atoms with Crippen molar-refractivity contribution < 1.29 is 13.2 Å². The van der Waals surface area contributed by atoms with Crippen molar-refractivity contribution in [3.8, 4) is 11.3 Å². The third-order valence-corrected chi connectivity index (χ3v) is 4.30. The van der Waals surface area contributed by atoms with E-state index in [2.05, 4.69) is 4.98 Å². The number of hydrogen-bond acceptors (Lipinski definition) is 3. The van der Waals surface area contributed by atoms with Gasteiger partial charge in [-0.3, -0.25) is 4.57 Å². The lowest BCUT2D eigenvalue weighted by molar-refractivity contribution is -0.140. The van der Waals surface area contributed by atoms with E-state index < -0.39 is 18.4 Å². The molecule has 7 heteroatoms. The molecule has 124 valence electrons. The molecule has 0 aliphatic heterocycles. The quantitative estimate of drug-likeness (QED) is 0.659. The Morgan fingerprint density at radius 3 is 2.46 bits per heavy atom. The monoisotopic (exact) mass is 350 g/mol. The van der Waals surface area contributed by atoms with Crippen molar-refractivity contribution in [3.05, 3.63) is 59.0 Å². The summed E-state index contributed by atoms with van der Waals surface area (Å²) >= 11 is 1.47. The van der Waals surface area contributed by atoms with E-state index in [0.29, 0.717) is 21.2 Å². The van der Waals surface area contributed by atoms with Crippen molar-refractivity contribution in [3.63, 3.8) is 0 Å². The van der Waals surface area contributed by atoms with Crippen LogP contribution >= 0.6 is 11.8 Å². The molecule has 3 rings (SSSR count). The Balaban J connectivity index is 2.34. The van der Waals surface area contributed by atoms with Crippen molar-refractivity contribution in [1.82, 2.24) is 9.55 Å². The molecule has 0 fully saturated rings. The fourth-order valence-electron chi connectivity index (χ4n) is 2.53. The molecule has 0 saturated carbocycles. The number of aromatic nitrogens is 2. The van der Waals surface area contributed by atoms with E-state index in [0.717, 1.165) is 4.90 Å². The van der Waals surface area contributed by atoms with Crippen LogP contribution in [0.25, 0.3) is 22.2 Å². The zero-order valence-corrected chi connectivity index (χ0v) is 13.5. The number of alkyl halides is 3. The van der Waals surface area contributed by atoms with Crippen molar-refractivity contribution in [1.29, 1.82) is 0 Å². The molecule has 3 aromatic rings. The summed E-state index contributed by atoms with van der Waals surface area (Å²) in [6.45, 7) is -1.36. The van der Waals surface area contributed by atoms with Gasteiger partial charge in [0.2, 0.25) is 0 Å². The topological polar surface area (TPSA) is 34.9 Å². The summed E-state index contributed by atoms with van der Waals surface area (Å²) < 4.78 is 39.2. The minimum Gasteiger partial charge on any atom is -0.283 e. The maximum Gasteiger partial charge on any atom is 0.406 e. The summed E-state index contributed by atoms with van der Waals surface area (Å²) in [4.78, 5) is 17.0. The van der Waals surface area contributed by atoms with Crippen LogP contribution in [0, 0.1) is 0 Å². The second-order valence-corrected chi connectivity index (χ2v) is 6.07. The molecule has 1 heterocycles. The van der Waals surface area contributed by atoms with Crippen LogP contribution in [0.5, 0.6) is 0 Å². The van der Waals surface area contributed by atoms with Gasteiger partial charge in [0.25, 0.3) is 0 Å². The average Bonchev–Trinajstić information content (AvgIpc) is 2.56. The van der Waals surface area contributed by atoms with Crippen LogP contribution in [0.2, 0.25) is 0 Å². The second-order valence-electron chi connectivity index (χ2n) is 5.19. The van der Waals surface area contributed by atoms with E-state index in [9.17, 15) is 18.0 Å². The summed E-state index contributed by atoms with van der Waals surface area (Å²) in [6.07, 6.45) is -2.62. The normalized spacial score (nSPS) is 11.8. The lowest BCUT2D eigenvalue weighted by Crippen LogP contribution is -2.30. The van der Waals surface area contributed by atoms with E-state index in [1.54, 1.807) is 42.5 Å².